The van der Waals surface area contributed by atoms with E-state index >= 15 is 0 Å². The molecule has 8 heteroatoms. The topological polar surface area (TPSA) is 91.6 Å². The number of rotatable bonds is 5. The first-order valence-corrected chi connectivity index (χ1v) is 7.97. The van der Waals surface area contributed by atoms with Crippen molar-refractivity contribution in [2.45, 2.75) is 13.3 Å². The van der Waals surface area contributed by atoms with Crippen LogP contribution in [0.5, 0.6) is 0 Å². The van der Waals surface area contributed by atoms with Crippen molar-refractivity contribution in [1.82, 2.24) is 20.1 Å². The van der Waals surface area contributed by atoms with Crippen molar-refractivity contribution in [2.24, 2.45) is 0 Å². The van der Waals surface area contributed by atoms with Gasteiger partial charge in [0.05, 0.1) is 6.54 Å². The van der Waals surface area contributed by atoms with Crippen LogP contribution in [0, 0.1) is 0 Å². The molecule has 1 aliphatic rings. The molecule has 0 spiro atoms. The number of anilines is 1. The van der Waals surface area contributed by atoms with Crippen LogP contribution in [0.15, 0.2) is 5.38 Å². The normalized spacial score (nSPS) is 16.0. The van der Waals surface area contributed by atoms with E-state index in [0.717, 1.165) is 6.42 Å². The maximum atomic E-state index is 12.2. The summed E-state index contributed by atoms with van der Waals surface area (Å²) in [7, 11) is 0. The standard InChI is InChI=1S/C13H21N5O2S/c1-2-3-15-11(19)8-17-4-6-18(7-5-17)12(20)10-9-21-13(14)16-10/h9H,2-8H2,1H3,(H2,14,16)(H,15,19). The third-order valence-corrected chi connectivity index (χ3v) is 4.01. The molecule has 1 aliphatic heterocycles. The van der Waals surface area contributed by atoms with Gasteiger partial charge in [0.1, 0.15) is 5.69 Å². The Morgan fingerprint density at radius 2 is 2.10 bits per heavy atom. The van der Waals surface area contributed by atoms with E-state index in [1.807, 2.05) is 6.92 Å². The molecular weight excluding hydrogens is 290 g/mol. The van der Waals surface area contributed by atoms with E-state index in [4.69, 9.17) is 5.73 Å². The Morgan fingerprint density at radius 1 is 1.38 bits per heavy atom. The Balaban J connectivity index is 1.78. The molecule has 0 atom stereocenters. The van der Waals surface area contributed by atoms with E-state index in [9.17, 15) is 9.59 Å². The largest absolute Gasteiger partial charge is 0.375 e. The molecule has 21 heavy (non-hydrogen) atoms. The molecule has 1 fully saturated rings. The van der Waals surface area contributed by atoms with Gasteiger partial charge in [0.2, 0.25) is 5.91 Å². The van der Waals surface area contributed by atoms with E-state index < -0.39 is 0 Å². The molecule has 2 rings (SSSR count). The molecular formula is C13H21N5O2S. The van der Waals surface area contributed by atoms with Crippen molar-refractivity contribution in [3.63, 3.8) is 0 Å². The van der Waals surface area contributed by atoms with Gasteiger partial charge in [-0.3, -0.25) is 14.5 Å². The molecule has 0 saturated carbocycles. The average Bonchev–Trinajstić information content (AvgIpc) is 2.92. The number of nitrogens with zero attached hydrogens (tertiary/aromatic N) is 3. The first-order chi connectivity index (χ1) is 10.1. The summed E-state index contributed by atoms with van der Waals surface area (Å²) in [6.07, 6.45) is 0.935. The van der Waals surface area contributed by atoms with Gasteiger partial charge in [-0.15, -0.1) is 11.3 Å². The summed E-state index contributed by atoms with van der Waals surface area (Å²) in [6.45, 7) is 5.74. The van der Waals surface area contributed by atoms with Crippen LogP contribution in [0.3, 0.4) is 0 Å². The smallest absolute Gasteiger partial charge is 0.273 e. The second kappa shape index (κ2) is 7.37. The predicted molar refractivity (Wildman–Crippen MR) is 82.2 cm³/mol. The number of nitrogen functional groups attached to an aromatic ring is 1. The van der Waals surface area contributed by atoms with E-state index in [1.165, 1.54) is 11.3 Å². The molecule has 1 saturated heterocycles. The van der Waals surface area contributed by atoms with Gasteiger partial charge in [0.15, 0.2) is 5.13 Å². The third kappa shape index (κ3) is 4.40. The first-order valence-electron chi connectivity index (χ1n) is 7.09. The van der Waals surface area contributed by atoms with E-state index in [0.29, 0.717) is 50.1 Å². The molecule has 1 aromatic rings. The van der Waals surface area contributed by atoms with E-state index in [2.05, 4.69) is 15.2 Å². The summed E-state index contributed by atoms with van der Waals surface area (Å²) < 4.78 is 0. The molecule has 2 amide bonds. The quantitative estimate of drug-likeness (QED) is 0.799. The van der Waals surface area contributed by atoms with Crippen molar-refractivity contribution in [3.05, 3.63) is 11.1 Å². The molecule has 2 heterocycles. The molecule has 1 aromatic heterocycles. The van der Waals surface area contributed by atoms with Crippen molar-refractivity contribution >= 4 is 28.3 Å². The highest BCUT2D eigenvalue weighted by Gasteiger charge is 2.24. The summed E-state index contributed by atoms with van der Waals surface area (Å²) >= 11 is 1.27. The van der Waals surface area contributed by atoms with Crippen LogP contribution in [0.4, 0.5) is 5.13 Å². The van der Waals surface area contributed by atoms with E-state index in [1.54, 1.807) is 10.3 Å². The molecule has 0 bridgehead atoms. The van der Waals surface area contributed by atoms with Gasteiger partial charge in [-0.05, 0) is 6.42 Å². The lowest BCUT2D eigenvalue weighted by molar-refractivity contribution is -0.122. The van der Waals surface area contributed by atoms with Crippen molar-refractivity contribution < 1.29 is 9.59 Å². The lowest BCUT2D eigenvalue weighted by Crippen LogP contribution is -2.51. The molecule has 3 N–H and O–H groups in total. The number of aromatic nitrogens is 1. The Labute approximate surface area is 128 Å². The fourth-order valence-electron chi connectivity index (χ4n) is 2.18. The summed E-state index contributed by atoms with van der Waals surface area (Å²) in [4.78, 5) is 31.7. The number of thiazole rings is 1. The third-order valence-electron chi connectivity index (χ3n) is 3.34. The van der Waals surface area contributed by atoms with Crippen LogP contribution in [0.2, 0.25) is 0 Å². The minimum Gasteiger partial charge on any atom is -0.375 e. The zero-order valence-corrected chi connectivity index (χ0v) is 13.0. The predicted octanol–water partition coefficient (Wildman–Crippen LogP) is 0.00930. The molecule has 0 unspecified atom stereocenters. The molecule has 0 aromatic carbocycles. The first kappa shape index (κ1) is 15.7. The number of amides is 2. The number of nitrogens with one attached hydrogen (secondary N) is 1. The Hall–Kier alpha value is -1.67. The van der Waals surface area contributed by atoms with Crippen LogP contribution < -0.4 is 11.1 Å². The summed E-state index contributed by atoms with van der Waals surface area (Å²) in [6, 6.07) is 0. The number of hydrogen-bond donors (Lipinski definition) is 2. The van der Waals surface area contributed by atoms with Crippen LogP contribution in [0.1, 0.15) is 23.8 Å². The van der Waals surface area contributed by atoms with Gasteiger partial charge in [-0.2, -0.15) is 0 Å². The van der Waals surface area contributed by atoms with Crippen LogP contribution in [-0.2, 0) is 4.79 Å². The minimum atomic E-state index is -0.0852. The molecule has 0 radical (unpaired) electrons. The maximum absolute atomic E-state index is 12.2. The Kier molecular flexibility index (Phi) is 5.51. The lowest BCUT2D eigenvalue weighted by atomic mass is 10.3. The number of hydrogen-bond acceptors (Lipinski definition) is 6. The number of nitrogens with two attached hydrogens (primary N) is 1. The second-order valence-corrected chi connectivity index (χ2v) is 5.88. The summed E-state index contributed by atoms with van der Waals surface area (Å²) in [5.74, 6) is -0.0399. The molecule has 116 valence electrons. The number of carbonyl (C=O) groups is 2. The Bertz CT molecular complexity index is 497. The average molecular weight is 311 g/mol. The fraction of sp³-hybridized carbons (Fsp3) is 0.615. The van der Waals surface area contributed by atoms with Gasteiger partial charge in [-0.1, -0.05) is 6.92 Å². The second-order valence-electron chi connectivity index (χ2n) is 4.99. The highest BCUT2D eigenvalue weighted by molar-refractivity contribution is 7.13. The molecule has 0 aliphatic carbocycles. The maximum Gasteiger partial charge on any atom is 0.273 e. The summed E-state index contributed by atoms with van der Waals surface area (Å²) in [5, 5.41) is 4.95. The van der Waals surface area contributed by atoms with Crippen LogP contribution in [-0.4, -0.2) is 65.9 Å². The highest BCUT2D eigenvalue weighted by atomic mass is 32.1. The van der Waals surface area contributed by atoms with Gasteiger partial charge < -0.3 is 16.0 Å². The van der Waals surface area contributed by atoms with Gasteiger partial charge >= 0.3 is 0 Å². The van der Waals surface area contributed by atoms with E-state index in [-0.39, 0.29) is 11.8 Å². The number of piperazine rings is 1. The SMILES string of the molecule is CCCNC(=O)CN1CCN(C(=O)c2csc(N)n2)CC1. The monoisotopic (exact) mass is 311 g/mol. The van der Waals surface area contributed by atoms with Gasteiger partial charge in [0, 0.05) is 38.1 Å². The zero-order valence-electron chi connectivity index (χ0n) is 12.2. The van der Waals surface area contributed by atoms with Crippen molar-refractivity contribution in [1.29, 1.82) is 0 Å². The van der Waals surface area contributed by atoms with Gasteiger partial charge in [0.25, 0.3) is 5.91 Å². The lowest BCUT2D eigenvalue weighted by Gasteiger charge is -2.33. The summed E-state index contributed by atoms with van der Waals surface area (Å²) in [5.41, 5.74) is 5.96. The molecule has 7 nitrogen and oxygen atoms in total. The fourth-order valence-corrected chi connectivity index (χ4v) is 2.72. The zero-order chi connectivity index (χ0) is 15.2. The van der Waals surface area contributed by atoms with Gasteiger partial charge in [-0.25, -0.2) is 4.98 Å². The number of carbonyl (C=O) groups excluding carboxylic acids is 2. The Morgan fingerprint density at radius 3 is 2.67 bits per heavy atom. The van der Waals surface area contributed by atoms with Crippen molar-refractivity contribution in [3.8, 4) is 0 Å². The minimum absolute atomic E-state index is 0.0453. The van der Waals surface area contributed by atoms with Crippen molar-refractivity contribution in [2.75, 3.05) is 45.0 Å². The van der Waals surface area contributed by atoms with Crippen LogP contribution in [0.25, 0.3) is 0 Å². The van der Waals surface area contributed by atoms with Crippen LogP contribution >= 0.6 is 11.3 Å². The highest BCUT2D eigenvalue weighted by Crippen LogP contribution is 2.14.